The van der Waals surface area contributed by atoms with Crippen LogP contribution in [0.3, 0.4) is 0 Å². The fraction of sp³-hybridized carbons (Fsp3) is 0.684. The molecule has 6 heteroatoms. The van der Waals surface area contributed by atoms with Crippen LogP contribution in [0.15, 0.2) is 12.1 Å². The SMILES string of the molecule is COc1cc(CNCC(C)(C)N2CCN(C)CC2)cc2c1OCCO2. The monoisotopic (exact) mass is 349 g/mol. The van der Waals surface area contributed by atoms with E-state index in [-0.39, 0.29) is 5.54 Å². The highest BCUT2D eigenvalue weighted by Gasteiger charge is 2.28. The Bertz CT molecular complexity index is 566. The van der Waals surface area contributed by atoms with Crippen LogP contribution < -0.4 is 19.5 Å². The molecule has 0 spiro atoms. The zero-order chi connectivity index (χ0) is 17.9. The van der Waals surface area contributed by atoms with Crippen molar-refractivity contribution in [2.75, 3.05) is 60.1 Å². The second kappa shape index (κ2) is 7.81. The molecule has 6 nitrogen and oxygen atoms in total. The number of methoxy groups -OCH3 is 1. The summed E-state index contributed by atoms with van der Waals surface area (Å²) in [5.74, 6) is 2.24. The number of likely N-dealkylation sites (N-methyl/N-ethyl adjacent to an activating group) is 1. The number of nitrogens with zero attached hydrogens (tertiary/aromatic N) is 2. The molecule has 2 aliphatic rings. The van der Waals surface area contributed by atoms with Crippen LogP contribution in [-0.2, 0) is 6.54 Å². The molecule has 0 aromatic heterocycles. The third kappa shape index (κ3) is 4.37. The van der Waals surface area contributed by atoms with E-state index in [9.17, 15) is 0 Å². The first kappa shape index (κ1) is 18.3. The van der Waals surface area contributed by atoms with Gasteiger partial charge < -0.3 is 24.4 Å². The number of nitrogens with one attached hydrogen (secondary N) is 1. The Kier molecular flexibility index (Phi) is 5.71. The largest absolute Gasteiger partial charge is 0.493 e. The van der Waals surface area contributed by atoms with E-state index < -0.39 is 0 Å². The highest BCUT2D eigenvalue weighted by atomic mass is 16.6. The molecule has 1 fully saturated rings. The Morgan fingerprint density at radius 2 is 1.84 bits per heavy atom. The molecule has 25 heavy (non-hydrogen) atoms. The van der Waals surface area contributed by atoms with E-state index in [1.807, 2.05) is 12.1 Å². The Hall–Kier alpha value is -1.50. The lowest BCUT2D eigenvalue weighted by Gasteiger charge is -2.43. The van der Waals surface area contributed by atoms with Crippen LogP contribution in [0.25, 0.3) is 0 Å². The van der Waals surface area contributed by atoms with Gasteiger partial charge in [-0.15, -0.1) is 0 Å². The van der Waals surface area contributed by atoms with Crippen molar-refractivity contribution in [2.24, 2.45) is 0 Å². The molecule has 1 aromatic rings. The second-order valence-electron chi connectivity index (χ2n) is 7.53. The second-order valence-corrected chi connectivity index (χ2v) is 7.53. The van der Waals surface area contributed by atoms with Crippen molar-refractivity contribution in [3.8, 4) is 17.2 Å². The number of hydrogen-bond acceptors (Lipinski definition) is 6. The van der Waals surface area contributed by atoms with Crippen LogP contribution >= 0.6 is 0 Å². The maximum absolute atomic E-state index is 5.71. The predicted octanol–water partition coefficient (Wildman–Crippen LogP) is 1.58. The normalized spacial score (nSPS) is 19.0. The van der Waals surface area contributed by atoms with E-state index in [4.69, 9.17) is 14.2 Å². The lowest BCUT2D eigenvalue weighted by Crippen LogP contribution is -2.57. The summed E-state index contributed by atoms with van der Waals surface area (Å²) in [6, 6.07) is 4.08. The summed E-state index contributed by atoms with van der Waals surface area (Å²) in [5, 5.41) is 3.60. The fourth-order valence-corrected chi connectivity index (χ4v) is 3.47. The van der Waals surface area contributed by atoms with Crippen molar-refractivity contribution in [1.82, 2.24) is 15.1 Å². The van der Waals surface area contributed by atoms with Crippen LogP contribution in [0.2, 0.25) is 0 Å². The molecule has 0 saturated carbocycles. The molecule has 140 valence electrons. The number of hydrogen-bond donors (Lipinski definition) is 1. The molecule has 0 radical (unpaired) electrons. The van der Waals surface area contributed by atoms with Gasteiger partial charge in [-0.1, -0.05) is 0 Å². The molecule has 1 aromatic carbocycles. The first-order valence-corrected chi connectivity index (χ1v) is 9.10. The number of benzene rings is 1. The third-order valence-electron chi connectivity index (χ3n) is 5.13. The van der Waals surface area contributed by atoms with Gasteiger partial charge in [-0.05, 0) is 38.6 Å². The first-order valence-electron chi connectivity index (χ1n) is 9.10. The smallest absolute Gasteiger partial charge is 0.203 e. The Morgan fingerprint density at radius 3 is 2.56 bits per heavy atom. The van der Waals surface area contributed by atoms with Crippen LogP contribution in [-0.4, -0.2) is 75.4 Å². The minimum Gasteiger partial charge on any atom is -0.493 e. The average Bonchev–Trinajstić information content (AvgIpc) is 2.61. The molecule has 0 atom stereocenters. The maximum Gasteiger partial charge on any atom is 0.203 e. The molecule has 0 unspecified atom stereocenters. The van der Waals surface area contributed by atoms with Gasteiger partial charge in [-0.3, -0.25) is 4.90 Å². The van der Waals surface area contributed by atoms with Gasteiger partial charge in [0.1, 0.15) is 13.2 Å². The van der Waals surface area contributed by atoms with Crippen LogP contribution in [0, 0.1) is 0 Å². The highest BCUT2D eigenvalue weighted by molar-refractivity contribution is 5.54. The molecule has 3 rings (SSSR count). The van der Waals surface area contributed by atoms with Gasteiger partial charge in [0.2, 0.25) is 5.75 Å². The topological polar surface area (TPSA) is 46.2 Å². The molecule has 1 N–H and O–H groups in total. The lowest BCUT2D eigenvalue weighted by atomic mass is 10.0. The van der Waals surface area contributed by atoms with Crippen molar-refractivity contribution < 1.29 is 14.2 Å². The van der Waals surface area contributed by atoms with Gasteiger partial charge in [0.05, 0.1) is 7.11 Å². The van der Waals surface area contributed by atoms with E-state index in [0.29, 0.717) is 13.2 Å². The molecule has 0 bridgehead atoms. The predicted molar refractivity (Wildman–Crippen MR) is 98.8 cm³/mol. The van der Waals surface area contributed by atoms with E-state index in [2.05, 4.69) is 36.0 Å². The summed E-state index contributed by atoms with van der Waals surface area (Å²) in [6.07, 6.45) is 0. The number of rotatable bonds is 6. The molecule has 1 saturated heterocycles. The minimum atomic E-state index is 0.138. The van der Waals surface area contributed by atoms with E-state index in [1.165, 1.54) is 0 Å². The fourth-order valence-electron chi connectivity index (χ4n) is 3.47. The van der Waals surface area contributed by atoms with Crippen molar-refractivity contribution in [3.63, 3.8) is 0 Å². The number of fused-ring (bicyclic) bond motifs is 1. The van der Waals surface area contributed by atoms with Gasteiger partial charge in [0.25, 0.3) is 0 Å². The summed E-state index contributed by atoms with van der Waals surface area (Å²) in [4.78, 5) is 4.96. The Morgan fingerprint density at radius 1 is 1.12 bits per heavy atom. The van der Waals surface area contributed by atoms with Crippen LogP contribution in [0.1, 0.15) is 19.4 Å². The molecule has 2 aliphatic heterocycles. The van der Waals surface area contributed by atoms with Gasteiger partial charge in [-0.2, -0.15) is 0 Å². The highest BCUT2D eigenvalue weighted by Crippen LogP contribution is 2.40. The number of piperazine rings is 1. The quantitative estimate of drug-likeness (QED) is 0.841. The molecule has 2 heterocycles. The van der Waals surface area contributed by atoms with Gasteiger partial charge in [0.15, 0.2) is 11.5 Å². The zero-order valence-electron chi connectivity index (χ0n) is 15.9. The zero-order valence-corrected chi connectivity index (χ0v) is 15.9. The van der Waals surface area contributed by atoms with Crippen molar-refractivity contribution in [3.05, 3.63) is 17.7 Å². The summed E-state index contributed by atoms with van der Waals surface area (Å²) >= 11 is 0. The molecular weight excluding hydrogens is 318 g/mol. The molecule has 0 amide bonds. The van der Waals surface area contributed by atoms with Crippen LogP contribution in [0.5, 0.6) is 17.2 Å². The van der Waals surface area contributed by atoms with E-state index in [0.717, 1.165) is 62.1 Å². The summed E-state index contributed by atoms with van der Waals surface area (Å²) in [7, 11) is 3.86. The van der Waals surface area contributed by atoms with Crippen molar-refractivity contribution in [2.45, 2.75) is 25.9 Å². The summed E-state index contributed by atoms with van der Waals surface area (Å²) in [6.45, 7) is 12.0. The Labute approximate surface area is 151 Å². The summed E-state index contributed by atoms with van der Waals surface area (Å²) in [5.41, 5.74) is 1.29. The van der Waals surface area contributed by atoms with Crippen molar-refractivity contribution in [1.29, 1.82) is 0 Å². The standard InChI is InChI=1S/C19H31N3O3/c1-19(2,22-7-5-21(3)6-8-22)14-20-13-15-11-16(23-4)18-17(12-15)24-9-10-25-18/h11-12,20H,5-10,13-14H2,1-4H3. The van der Waals surface area contributed by atoms with E-state index in [1.54, 1.807) is 7.11 Å². The molecule has 0 aliphatic carbocycles. The Balaban J connectivity index is 1.58. The van der Waals surface area contributed by atoms with Gasteiger partial charge in [-0.25, -0.2) is 0 Å². The third-order valence-corrected chi connectivity index (χ3v) is 5.13. The number of ether oxygens (including phenoxy) is 3. The van der Waals surface area contributed by atoms with Gasteiger partial charge >= 0.3 is 0 Å². The molecular formula is C19H31N3O3. The van der Waals surface area contributed by atoms with Crippen LogP contribution in [0.4, 0.5) is 0 Å². The minimum absolute atomic E-state index is 0.138. The maximum atomic E-state index is 5.71. The summed E-state index contributed by atoms with van der Waals surface area (Å²) < 4.78 is 16.8. The first-order chi connectivity index (χ1) is 12.0. The van der Waals surface area contributed by atoms with Gasteiger partial charge in [0, 0.05) is 44.8 Å². The van der Waals surface area contributed by atoms with E-state index >= 15 is 0 Å². The average molecular weight is 349 g/mol. The lowest BCUT2D eigenvalue weighted by molar-refractivity contribution is 0.0618. The van der Waals surface area contributed by atoms with Crippen molar-refractivity contribution >= 4 is 0 Å².